The van der Waals surface area contributed by atoms with Gasteiger partial charge in [-0.1, -0.05) is 73.3 Å². The van der Waals surface area contributed by atoms with Crippen molar-refractivity contribution in [3.8, 4) is 12.1 Å². The maximum atomic E-state index is 10.4. The van der Waals surface area contributed by atoms with Crippen molar-refractivity contribution >= 4 is 29.2 Å². The molecule has 2 aliphatic heterocycles. The van der Waals surface area contributed by atoms with E-state index in [9.17, 15) is 10.5 Å². The van der Waals surface area contributed by atoms with Crippen molar-refractivity contribution in [2.24, 2.45) is 10.4 Å². The second kappa shape index (κ2) is 7.88. The van der Waals surface area contributed by atoms with E-state index >= 15 is 0 Å². The van der Waals surface area contributed by atoms with E-state index in [2.05, 4.69) is 29.2 Å². The van der Waals surface area contributed by atoms with Crippen LogP contribution in [0.25, 0.3) is 6.08 Å². The molecule has 31 heavy (non-hydrogen) atoms. The zero-order chi connectivity index (χ0) is 21.4. The van der Waals surface area contributed by atoms with E-state index in [-0.39, 0.29) is 6.04 Å². The largest absolute Gasteiger partial charge is 0.319 e. The standard InChI is InChI=1S/C26H23ClN4/c27-20-9-6-8-19(15-20)24-25(30-21-10-2-1-3-11-21)31-22-12-5-4-7-18(22)13-14-23(31)26(24,16-28)17-29/h4-9,12-15,21,23-24H,1-3,10-11H2. The molecule has 2 aromatic rings. The number of anilines is 1. The number of amidine groups is 1. The van der Waals surface area contributed by atoms with E-state index in [1.165, 1.54) is 19.3 Å². The lowest BCUT2D eigenvalue weighted by Crippen LogP contribution is -2.40. The van der Waals surface area contributed by atoms with Crippen LogP contribution in [0.2, 0.25) is 5.02 Å². The van der Waals surface area contributed by atoms with Crippen LogP contribution in [-0.4, -0.2) is 17.9 Å². The van der Waals surface area contributed by atoms with E-state index in [1.807, 2.05) is 48.6 Å². The number of halogens is 1. The van der Waals surface area contributed by atoms with Crippen LogP contribution in [0.1, 0.15) is 49.1 Å². The lowest BCUT2D eigenvalue weighted by Gasteiger charge is -2.32. The number of para-hydroxylation sites is 1. The summed E-state index contributed by atoms with van der Waals surface area (Å²) < 4.78 is 0. The molecule has 3 aliphatic rings. The van der Waals surface area contributed by atoms with E-state index in [1.54, 1.807) is 0 Å². The summed E-state index contributed by atoms with van der Waals surface area (Å²) in [5.41, 5.74) is 1.66. The molecule has 1 aliphatic carbocycles. The minimum atomic E-state index is -1.29. The highest BCUT2D eigenvalue weighted by molar-refractivity contribution is 6.30. The quantitative estimate of drug-likeness (QED) is 0.582. The molecule has 0 spiro atoms. The molecule has 4 nitrogen and oxygen atoms in total. The highest BCUT2D eigenvalue weighted by Crippen LogP contribution is 2.53. The van der Waals surface area contributed by atoms with Crippen LogP contribution >= 0.6 is 11.6 Å². The predicted octanol–water partition coefficient (Wildman–Crippen LogP) is 6.10. The Hall–Kier alpha value is -3.08. The number of aliphatic imine (C=N–C) groups is 1. The smallest absolute Gasteiger partial charge is 0.181 e. The molecule has 0 radical (unpaired) electrons. The number of fused-ring (bicyclic) bond motifs is 3. The Morgan fingerprint density at radius 3 is 2.52 bits per heavy atom. The van der Waals surface area contributed by atoms with Crippen LogP contribution in [-0.2, 0) is 0 Å². The van der Waals surface area contributed by atoms with Gasteiger partial charge in [0.1, 0.15) is 5.84 Å². The van der Waals surface area contributed by atoms with Crippen molar-refractivity contribution in [2.45, 2.75) is 50.1 Å². The SMILES string of the molecule is N#CC1(C#N)C(c2cccc(Cl)c2)C(=NC2CCCCC2)N2c3ccccc3C=CC21. The van der Waals surface area contributed by atoms with Crippen LogP contribution < -0.4 is 4.90 Å². The fourth-order valence-corrected chi connectivity index (χ4v) is 5.53. The molecule has 2 unspecified atom stereocenters. The van der Waals surface area contributed by atoms with Crippen molar-refractivity contribution in [1.29, 1.82) is 10.5 Å². The lowest BCUT2D eigenvalue weighted by molar-refractivity contribution is 0.441. The second-order valence-electron chi connectivity index (χ2n) is 8.59. The molecule has 0 bridgehead atoms. The highest BCUT2D eigenvalue weighted by Gasteiger charge is 2.60. The maximum Gasteiger partial charge on any atom is 0.181 e. The van der Waals surface area contributed by atoms with E-state index in [0.717, 1.165) is 35.5 Å². The van der Waals surface area contributed by atoms with Gasteiger partial charge in [-0.05, 0) is 42.2 Å². The number of nitrogens with zero attached hydrogens (tertiary/aromatic N) is 4. The van der Waals surface area contributed by atoms with Gasteiger partial charge in [0, 0.05) is 5.02 Å². The summed E-state index contributed by atoms with van der Waals surface area (Å²) in [6.45, 7) is 0. The van der Waals surface area contributed by atoms with E-state index in [4.69, 9.17) is 16.6 Å². The van der Waals surface area contributed by atoms with Crippen molar-refractivity contribution < 1.29 is 0 Å². The number of nitriles is 2. The Kier molecular flexibility index (Phi) is 5.05. The van der Waals surface area contributed by atoms with Crippen LogP contribution in [0.4, 0.5) is 5.69 Å². The first-order valence-electron chi connectivity index (χ1n) is 10.9. The molecule has 5 rings (SSSR count). The Morgan fingerprint density at radius 2 is 1.77 bits per heavy atom. The second-order valence-corrected chi connectivity index (χ2v) is 9.03. The van der Waals surface area contributed by atoms with Crippen LogP contribution in [0.3, 0.4) is 0 Å². The third-order valence-corrected chi connectivity index (χ3v) is 7.04. The topological polar surface area (TPSA) is 63.2 Å². The number of rotatable bonds is 2. The van der Waals surface area contributed by atoms with Gasteiger partial charge in [0.15, 0.2) is 5.41 Å². The summed E-state index contributed by atoms with van der Waals surface area (Å²) in [7, 11) is 0. The molecule has 1 saturated carbocycles. The Morgan fingerprint density at radius 1 is 1.00 bits per heavy atom. The lowest BCUT2D eigenvalue weighted by atomic mass is 9.71. The van der Waals surface area contributed by atoms with E-state index < -0.39 is 17.4 Å². The molecule has 2 fully saturated rings. The Balaban J connectivity index is 1.76. The van der Waals surface area contributed by atoms with Gasteiger partial charge in [0.2, 0.25) is 0 Å². The van der Waals surface area contributed by atoms with Gasteiger partial charge in [-0.2, -0.15) is 10.5 Å². The van der Waals surface area contributed by atoms with Gasteiger partial charge in [0.05, 0.1) is 35.8 Å². The first-order valence-corrected chi connectivity index (χ1v) is 11.3. The van der Waals surface area contributed by atoms with Gasteiger partial charge in [-0.15, -0.1) is 0 Å². The van der Waals surface area contributed by atoms with Gasteiger partial charge >= 0.3 is 0 Å². The zero-order valence-corrected chi connectivity index (χ0v) is 18.0. The van der Waals surface area contributed by atoms with E-state index in [0.29, 0.717) is 5.02 Å². The minimum absolute atomic E-state index is 0.220. The molecule has 1 saturated heterocycles. The van der Waals surface area contributed by atoms with Crippen LogP contribution in [0, 0.1) is 28.1 Å². The fourth-order valence-electron chi connectivity index (χ4n) is 5.33. The van der Waals surface area contributed by atoms with Gasteiger partial charge in [0.25, 0.3) is 0 Å². The van der Waals surface area contributed by atoms with Crippen molar-refractivity contribution in [2.75, 3.05) is 4.90 Å². The summed E-state index contributed by atoms with van der Waals surface area (Å²) in [4.78, 5) is 7.40. The molecule has 0 N–H and O–H groups in total. The number of hydrogen-bond donors (Lipinski definition) is 0. The molecule has 5 heteroatoms. The fraction of sp³-hybridized carbons (Fsp3) is 0.346. The molecule has 2 heterocycles. The Labute approximate surface area is 188 Å². The van der Waals surface area contributed by atoms with Gasteiger partial charge < -0.3 is 4.90 Å². The third kappa shape index (κ3) is 3.14. The van der Waals surface area contributed by atoms with Crippen molar-refractivity contribution in [1.82, 2.24) is 0 Å². The predicted molar refractivity (Wildman–Crippen MR) is 124 cm³/mol. The number of hydrogen-bond acceptors (Lipinski definition) is 3. The summed E-state index contributed by atoms with van der Waals surface area (Å²) in [6.07, 6.45) is 9.71. The van der Waals surface area contributed by atoms with Crippen molar-refractivity contribution in [3.05, 3.63) is 70.8 Å². The van der Waals surface area contributed by atoms with Crippen LogP contribution in [0.15, 0.2) is 59.6 Å². The molecule has 2 atom stereocenters. The number of benzene rings is 2. The van der Waals surface area contributed by atoms with Crippen molar-refractivity contribution in [3.63, 3.8) is 0 Å². The average Bonchev–Trinajstić information content (AvgIpc) is 3.10. The maximum absolute atomic E-state index is 10.4. The van der Waals surface area contributed by atoms with Gasteiger partial charge in [-0.3, -0.25) is 4.99 Å². The Bertz CT molecular complexity index is 1130. The summed E-state index contributed by atoms with van der Waals surface area (Å²) in [5.74, 6) is 0.350. The molecule has 154 valence electrons. The molecule has 2 aromatic carbocycles. The first kappa shape index (κ1) is 19.9. The third-order valence-electron chi connectivity index (χ3n) is 6.80. The van der Waals surface area contributed by atoms with Gasteiger partial charge in [-0.25, -0.2) is 0 Å². The monoisotopic (exact) mass is 426 g/mol. The van der Waals surface area contributed by atoms with Crippen LogP contribution in [0.5, 0.6) is 0 Å². The summed E-state index contributed by atoms with van der Waals surface area (Å²) in [6, 6.07) is 20.3. The summed E-state index contributed by atoms with van der Waals surface area (Å²) in [5, 5.41) is 21.4. The summed E-state index contributed by atoms with van der Waals surface area (Å²) >= 11 is 6.34. The molecule has 0 amide bonds. The minimum Gasteiger partial charge on any atom is -0.319 e. The molecular formula is C26H23ClN4. The normalized spacial score (nSPS) is 25.5. The average molecular weight is 427 g/mol. The first-order chi connectivity index (χ1) is 15.2. The zero-order valence-electron chi connectivity index (χ0n) is 17.2. The molecular weight excluding hydrogens is 404 g/mol. The highest BCUT2D eigenvalue weighted by atomic mass is 35.5. The molecule has 0 aromatic heterocycles.